The third kappa shape index (κ3) is 9.02. The highest BCUT2D eigenvalue weighted by atomic mass is 35.5. The van der Waals surface area contributed by atoms with Gasteiger partial charge >= 0.3 is 0 Å². The number of hydrogen-bond acceptors (Lipinski definition) is 4. The molecule has 7 heteroatoms. The molecule has 0 saturated carbocycles. The van der Waals surface area contributed by atoms with E-state index in [4.69, 9.17) is 49.1 Å². The fourth-order valence-electron chi connectivity index (χ4n) is 2.89. The minimum absolute atomic E-state index is 0.196. The third-order valence-corrected chi connectivity index (χ3v) is 5.09. The number of nitrogens with zero attached hydrogens (tertiary/aromatic N) is 1. The molecule has 0 N–H and O–H groups in total. The Balaban J connectivity index is 1.76. The predicted octanol–water partition coefficient (Wildman–Crippen LogP) is 7.51. The second kappa shape index (κ2) is 13.5. The summed E-state index contributed by atoms with van der Waals surface area (Å²) in [5.74, 6) is 1.69. The van der Waals surface area contributed by atoms with Crippen molar-refractivity contribution in [1.82, 2.24) is 0 Å². The molecule has 0 aliphatic heterocycles. The van der Waals surface area contributed by atoms with E-state index in [1.807, 2.05) is 50.2 Å². The maximum atomic E-state index is 6.05. The molecule has 2 aromatic rings. The molecule has 0 heterocycles. The molecule has 0 spiro atoms. The topological polar surface area (TPSA) is 40.0 Å². The largest absolute Gasteiger partial charge is 0.493 e. The highest BCUT2D eigenvalue weighted by molar-refractivity contribution is 6.55. The Morgan fingerprint density at radius 1 is 1.03 bits per heavy atom. The first-order valence-corrected chi connectivity index (χ1v) is 11.4. The van der Waals surface area contributed by atoms with E-state index in [-0.39, 0.29) is 4.49 Å². The molecule has 2 rings (SSSR count). The summed E-state index contributed by atoms with van der Waals surface area (Å²) in [5.41, 5.74) is 3.96. The Morgan fingerprint density at radius 2 is 1.74 bits per heavy atom. The van der Waals surface area contributed by atoms with E-state index in [1.54, 1.807) is 6.08 Å². The molecule has 31 heavy (non-hydrogen) atoms. The fraction of sp³-hybridized carbons (Fsp3) is 0.375. The molecule has 168 valence electrons. The lowest BCUT2D eigenvalue weighted by molar-refractivity contribution is 0.135. The second-order valence-electron chi connectivity index (χ2n) is 6.96. The first-order chi connectivity index (χ1) is 14.9. The molecule has 2 aromatic carbocycles. The van der Waals surface area contributed by atoms with Gasteiger partial charge in [-0.25, -0.2) is 0 Å². The Kier molecular flexibility index (Phi) is 11.1. The number of hydrogen-bond donors (Lipinski definition) is 0. The van der Waals surface area contributed by atoms with Crippen LogP contribution in [-0.4, -0.2) is 25.5 Å². The van der Waals surface area contributed by atoms with Crippen molar-refractivity contribution in [3.8, 4) is 11.5 Å². The summed E-state index contributed by atoms with van der Waals surface area (Å²) in [6, 6.07) is 11.5. The monoisotopic (exact) mass is 483 g/mol. The average Bonchev–Trinajstić information content (AvgIpc) is 2.74. The van der Waals surface area contributed by atoms with Crippen LogP contribution in [0, 0.1) is 6.92 Å². The van der Waals surface area contributed by atoms with Gasteiger partial charge < -0.3 is 14.3 Å². The maximum absolute atomic E-state index is 6.05. The van der Waals surface area contributed by atoms with Gasteiger partial charge in [0.05, 0.1) is 12.3 Å². The van der Waals surface area contributed by atoms with Gasteiger partial charge in [-0.15, -0.1) is 0 Å². The van der Waals surface area contributed by atoms with Crippen LogP contribution in [0.1, 0.15) is 43.4 Å². The second-order valence-corrected chi connectivity index (χ2v) is 8.40. The van der Waals surface area contributed by atoms with Gasteiger partial charge in [-0.1, -0.05) is 59.0 Å². The minimum atomic E-state index is 0.196. The van der Waals surface area contributed by atoms with Crippen molar-refractivity contribution in [3.63, 3.8) is 0 Å². The summed E-state index contributed by atoms with van der Waals surface area (Å²) < 4.78 is 11.9. The third-order valence-electron chi connectivity index (χ3n) is 4.53. The van der Waals surface area contributed by atoms with E-state index in [0.29, 0.717) is 24.8 Å². The molecule has 0 aromatic heterocycles. The van der Waals surface area contributed by atoms with Crippen LogP contribution in [0.15, 0.2) is 52.1 Å². The number of aryl methyl sites for hydroxylation is 2. The summed E-state index contributed by atoms with van der Waals surface area (Å²) >= 11 is 17.1. The molecule has 0 amide bonds. The van der Waals surface area contributed by atoms with Gasteiger partial charge in [0.15, 0.2) is 0 Å². The van der Waals surface area contributed by atoms with Crippen LogP contribution in [0.2, 0.25) is 5.02 Å². The van der Waals surface area contributed by atoms with Crippen molar-refractivity contribution < 1.29 is 14.3 Å². The van der Waals surface area contributed by atoms with Gasteiger partial charge in [0.1, 0.15) is 29.2 Å². The lowest BCUT2D eigenvalue weighted by Crippen LogP contribution is -2.04. The molecule has 0 atom stereocenters. The van der Waals surface area contributed by atoms with E-state index in [9.17, 15) is 0 Å². The van der Waals surface area contributed by atoms with Gasteiger partial charge in [-0.05, 0) is 80.1 Å². The van der Waals surface area contributed by atoms with Gasteiger partial charge in [0.2, 0.25) is 0 Å². The van der Waals surface area contributed by atoms with E-state index in [0.717, 1.165) is 53.2 Å². The normalized spacial score (nSPS) is 11.2. The number of benzene rings is 2. The van der Waals surface area contributed by atoms with E-state index < -0.39 is 0 Å². The molecule has 0 radical (unpaired) electrons. The van der Waals surface area contributed by atoms with Crippen LogP contribution in [0.4, 0.5) is 0 Å². The van der Waals surface area contributed by atoms with Crippen LogP contribution in [0.5, 0.6) is 11.5 Å². The van der Waals surface area contributed by atoms with Gasteiger partial charge in [0.25, 0.3) is 0 Å². The average molecular weight is 485 g/mol. The Hall–Kier alpha value is -1.88. The van der Waals surface area contributed by atoms with Crippen molar-refractivity contribution in [2.45, 2.75) is 40.0 Å². The van der Waals surface area contributed by atoms with E-state index >= 15 is 0 Å². The van der Waals surface area contributed by atoms with Gasteiger partial charge in [0, 0.05) is 5.02 Å². The van der Waals surface area contributed by atoms with Crippen LogP contribution >= 0.6 is 34.8 Å². The summed E-state index contributed by atoms with van der Waals surface area (Å²) in [4.78, 5) is 5.43. The van der Waals surface area contributed by atoms with Crippen molar-refractivity contribution in [2.24, 2.45) is 5.16 Å². The molecule has 4 nitrogen and oxygen atoms in total. The molecule has 0 bridgehead atoms. The lowest BCUT2D eigenvalue weighted by Gasteiger charge is -2.15. The highest BCUT2D eigenvalue weighted by Crippen LogP contribution is 2.30. The van der Waals surface area contributed by atoms with E-state index in [1.165, 1.54) is 0 Å². The zero-order valence-corrected chi connectivity index (χ0v) is 20.4. The number of oxime groups is 1. The van der Waals surface area contributed by atoms with Gasteiger partial charge in [-0.3, -0.25) is 0 Å². The fourth-order valence-corrected chi connectivity index (χ4v) is 3.15. The zero-order chi connectivity index (χ0) is 22.6. The van der Waals surface area contributed by atoms with Gasteiger partial charge in [-0.2, -0.15) is 0 Å². The lowest BCUT2D eigenvalue weighted by atomic mass is 10.1. The number of halogens is 3. The number of rotatable bonds is 12. The van der Waals surface area contributed by atoms with Crippen molar-refractivity contribution >= 4 is 40.5 Å². The zero-order valence-electron chi connectivity index (χ0n) is 18.1. The molecule has 0 fully saturated rings. The van der Waals surface area contributed by atoms with Crippen LogP contribution < -0.4 is 9.47 Å². The molecule has 0 aliphatic carbocycles. The van der Waals surface area contributed by atoms with Crippen LogP contribution in [-0.2, 0) is 11.3 Å². The Morgan fingerprint density at radius 3 is 2.42 bits per heavy atom. The summed E-state index contributed by atoms with van der Waals surface area (Å²) in [6.07, 6.45) is 4.18. The molecular weight excluding hydrogens is 457 g/mol. The number of ether oxygens (including phenoxy) is 2. The Bertz CT molecular complexity index is 892. The SMILES string of the molecule is CCc1cc(OCC=C(Cl)Cl)cc(C)c1OCCCCON=C(C)c1ccc(Cl)cc1. The highest BCUT2D eigenvalue weighted by Gasteiger charge is 2.09. The molecule has 0 saturated heterocycles. The smallest absolute Gasteiger partial charge is 0.125 e. The van der Waals surface area contributed by atoms with Crippen LogP contribution in [0.25, 0.3) is 0 Å². The van der Waals surface area contributed by atoms with E-state index in [2.05, 4.69) is 12.1 Å². The maximum Gasteiger partial charge on any atom is 0.125 e. The van der Waals surface area contributed by atoms with Crippen LogP contribution in [0.3, 0.4) is 0 Å². The summed E-state index contributed by atoms with van der Waals surface area (Å²) in [6.45, 7) is 7.50. The Labute approximate surface area is 199 Å². The van der Waals surface area contributed by atoms with Crippen molar-refractivity contribution in [1.29, 1.82) is 0 Å². The first-order valence-electron chi connectivity index (χ1n) is 10.2. The first kappa shape index (κ1) is 25.4. The quantitative estimate of drug-likeness (QED) is 0.178. The summed E-state index contributed by atoms with van der Waals surface area (Å²) in [5, 5.41) is 4.87. The van der Waals surface area contributed by atoms with Crippen molar-refractivity contribution in [2.75, 3.05) is 19.8 Å². The predicted molar refractivity (Wildman–Crippen MR) is 130 cm³/mol. The van der Waals surface area contributed by atoms with Crippen molar-refractivity contribution in [3.05, 3.63) is 68.7 Å². The molecule has 0 unspecified atom stereocenters. The molecule has 0 aliphatic rings. The minimum Gasteiger partial charge on any atom is -0.493 e. The summed E-state index contributed by atoms with van der Waals surface area (Å²) in [7, 11) is 0. The standard InChI is InChI=1S/C24H28Cl3NO3/c1-4-19-16-22(29-14-11-23(26)27)15-17(2)24(19)30-12-5-6-13-31-28-18(3)20-7-9-21(25)10-8-20/h7-11,15-16H,4-6,12-14H2,1-3H3. The molecular formula is C24H28Cl3NO3. The number of unbranched alkanes of at least 4 members (excludes halogenated alkanes) is 1.